The van der Waals surface area contributed by atoms with Crippen molar-refractivity contribution in [3.63, 3.8) is 0 Å². The van der Waals surface area contributed by atoms with Crippen LogP contribution in [-0.4, -0.2) is 59.5 Å². The summed E-state index contributed by atoms with van der Waals surface area (Å²) in [7, 11) is 1.79. The number of amides is 1. The van der Waals surface area contributed by atoms with Crippen molar-refractivity contribution in [1.29, 1.82) is 0 Å². The largest absolute Gasteiger partial charge is 0.504 e. The summed E-state index contributed by atoms with van der Waals surface area (Å²) in [5.41, 5.74) is 1.81. The molecule has 0 aromatic heterocycles. The minimum absolute atomic E-state index is 0.0252. The molecule has 10 heteroatoms. The number of likely N-dealkylation sites (N-methyl/N-ethyl adjacent to an activating group) is 1. The Morgan fingerprint density at radius 3 is 1.94 bits per heavy atom. The first-order chi connectivity index (χ1) is 23.3. The van der Waals surface area contributed by atoms with Gasteiger partial charge in [-0.3, -0.25) is 14.4 Å². The zero-order chi connectivity index (χ0) is 39.6. The van der Waals surface area contributed by atoms with Gasteiger partial charge in [0.25, 0.3) is 0 Å². The number of thioether (sulfide) groups is 1. The smallest absolute Gasteiger partial charge is 0.312 e. The highest BCUT2D eigenvalue weighted by Crippen LogP contribution is 2.47. The zero-order valence-corrected chi connectivity index (χ0v) is 35.7. The van der Waals surface area contributed by atoms with Crippen LogP contribution in [0.1, 0.15) is 130 Å². The van der Waals surface area contributed by atoms with Gasteiger partial charge in [-0.15, -0.1) is 11.8 Å². The molecule has 292 valence electrons. The molecule has 0 aromatic rings. The lowest BCUT2D eigenvalue weighted by molar-refractivity contribution is -0.164. The molecule has 9 nitrogen and oxygen atoms in total. The van der Waals surface area contributed by atoms with Crippen LogP contribution in [0.15, 0.2) is 39.4 Å². The number of amidine groups is 1. The quantitative estimate of drug-likeness (QED) is 0.0999. The molecule has 2 unspecified atom stereocenters. The van der Waals surface area contributed by atoms with E-state index in [4.69, 9.17) is 9.47 Å². The van der Waals surface area contributed by atoms with Crippen LogP contribution in [0.4, 0.5) is 0 Å². The summed E-state index contributed by atoms with van der Waals surface area (Å²) in [5, 5.41) is 16.8. The summed E-state index contributed by atoms with van der Waals surface area (Å²) >= 11 is 1.45. The third kappa shape index (κ3) is 13.6. The average molecular weight is 734 g/mol. The third-order valence-corrected chi connectivity index (χ3v) is 10.8. The number of carbonyl (C=O) groups is 3. The number of rotatable bonds is 17. The van der Waals surface area contributed by atoms with E-state index in [2.05, 4.69) is 84.9 Å². The number of hydrogen-bond acceptors (Lipinski definition) is 9. The summed E-state index contributed by atoms with van der Waals surface area (Å²) in [6.45, 7) is 32.9. The SMILES string of the molecule is CNC(/C=C1\N=C(NC(=O)C(C)SCCCOC(=O)C(C)(CC(C)(C)C)C(C)(C)C)C(O)=C1C(C)C)=C(\CC(=O)OC(C(C)C)C(C)C)C(C)C. The van der Waals surface area contributed by atoms with Crippen molar-refractivity contribution >= 4 is 35.4 Å². The molecule has 1 amide bonds. The summed E-state index contributed by atoms with van der Waals surface area (Å²) < 4.78 is 11.7. The van der Waals surface area contributed by atoms with Gasteiger partial charge in [-0.1, -0.05) is 96.9 Å². The number of carbonyl (C=O) groups excluding carboxylic acids is 3. The zero-order valence-electron chi connectivity index (χ0n) is 34.9. The minimum atomic E-state index is -0.623. The van der Waals surface area contributed by atoms with Gasteiger partial charge in [0, 0.05) is 18.3 Å². The molecule has 1 aliphatic rings. The number of ether oxygens (including phenoxy) is 2. The van der Waals surface area contributed by atoms with E-state index in [1.54, 1.807) is 14.0 Å². The molecule has 0 saturated carbocycles. The molecule has 0 aliphatic carbocycles. The van der Waals surface area contributed by atoms with Gasteiger partial charge in [0.15, 0.2) is 11.6 Å². The van der Waals surface area contributed by atoms with Crippen molar-refractivity contribution in [3.05, 3.63) is 34.4 Å². The Morgan fingerprint density at radius 2 is 1.49 bits per heavy atom. The molecule has 0 spiro atoms. The first-order valence-corrected chi connectivity index (χ1v) is 19.8. The Labute approximate surface area is 314 Å². The first-order valence-electron chi connectivity index (χ1n) is 18.7. The lowest BCUT2D eigenvalue weighted by atomic mass is 9.61. The van der Waals surface area contributed by atoms with Gasteiger partial charge in [-0.2, -0.15) is 0 Å². The average Bonchev–Trinajstić information content (AvgIpc) is 3.29. The molecule has 51 heavy (non-hydrogen) atoms. The highest BCUT2D eigenvalue weighted by molar-refractivity contribution is 8.00. The normalized spacial score (nSPS) is 17.3. The molecule has 0 radical (unpaired) electrons. The molecular weight excluding hydrogens is 663 g/mol. The number of aliphatic hydroxyl groups is 1. The fourth-order valence-electron chi connectivity index (χ4n) is 6.35. The topological polar surface area (TPSA) is 126 Å². The molecule has 1 rings (SSSR count). The van der Waals surface area contributed by atoms with Gasteiger partial charge in [-0.25, -0.2) is 4.99 Å². The van der Waals surface area contributed by atoms with Crippen LogP contribution in [0, 0.1) is 39.9 Å². The number of allylic oxidation sites excluding steroid dienone is 2. The minimum Gasteiger partial charge on any atom is -0.504 e. The van der Waals surface area contributed by atoms with Crippen LogP contribution in [-0.2, 0) is 23.9 Å². The second-order valence-electron chi connectivity index (χ2n) is 17.7. The Hall–Kier alpha value is -2.75. The Bertz CT molecular complexity index is 1340. The van der Waals surface area contributed by atoms with Crippen LogP contribution in [0.25, 0.3) is 0 Å². The molecule has 1 aliphatic heterocycles. The maximum absolute atomic E-state index is 13.2. The fraction of sp³-hybridized carbons (Fsp3) is 0.756. The highest BCUT2D eigenvalue weighted by atomic mass is 32.2. The van der Waals surface area contributed by atoms with Crippen molar-refractivity contribution in [3.8, 4) is 0 Å². The van der Waals surface area contributed by atoms with Gasteiger partial charge in [0.05, 0.1) is 29.4 Å². The van der Waals surface area contributed by atoms with Crippen LogP contribution < -0.4 is 10.6 Å². The van der Waals surface area contributed by atoms with E-state index >= 15 is 0 Å². The number of nitrogens with one attached hydrogen (secondary N) is 2. The predicted octanol–water partition coefficient (Wildman–Crippen LogP) is 9.15. The van der Waals surface area contributed by atoms with E-state index in [9.17, 15) is 19.5 Å². The monoisotopic (exact) mass is 734 g/mol. The molecular formula is C41H71N3O6S. The Morgan fingerprint density at radius 1 is 0.922 bits per heavy atom. The molecule has 2 atom stereocenters. The fourth-order valence-corrected chi connectivity index (χ4v) is 7.20. The van der Waals surface area contributed by atoms with Gasteiger partial charge in [0.2, 0.25) is 5.91 Å². The maximum atomic E-state index is 13.2. The van der Waals surface area contributed by atoms with Crippen LogP contribution >= 0.6 is 11.8 Å². The maximum Gasteiger partial charge on any atom is 0.312 e. The summed E-state index contributed by atoms with van der Waals surface area (Å²) in [4.78, 5) is 44.2. The number of aliphatic hydroxyl groups excluding tert-OH is 1. The lowest BCUT2D eigenvalue weighted by Crippen LogP contribution is -2.44. The van der Waals surface area contributed by atoms with Crippen molar-refractivity contribution in [1.82, 2.24) is 10.6 Å². The van der Waals surface area contributed by atoms with Crippen LogP contribution in [0.5, 0.6) is 0 Å². The van der Waals surface area contributed by atoms with E-state index in [1.807, 2.05) is 40.7 Å². The Balaban J connectivity index is 3.07. The number of aliphatic imine (C=N–C) groups is 1. The number of esters is 2. The van der Waals surface area contributed by atoms with Crippen molar-refractivity contribution in [2.24, 2.45) is 44.9 Å². The van der Waals surface area contributed by atoms with Crippen molar-refractivity contribution in [2.45, 2.75) is 141 Å². The standard InChI is InChI=1S/C41H71N3O6S/c1-24(2)29(21-32(45)50-35(26(5)6)27(7)8)30(42-17)22-31-33(25(3)4)34(46)36(43-31)44-37(47)28(9)51-20-18-19-49-38(48)41(16,40(13,14)15)23-39(10,11)12/h22,24-28,35,42,46H,18-21,23H2,1-17H3,(H,43,44,47)/b30-29+,31-22-. The molecule has 0 saturated heterocycles. The van der Waals surface area contributed by atoms with Crippen LogP contribution in [0.2, 0.25) is 0 Å². The number of nitrogens with zero attached hydrogens (tertiary/aromatic N) is 1. The van der Waals surface area contributed by atoms with Crippen molar-refractivity contribution < 1.29 is 29.0 Å². The van der Waals surface area contributed by atoms with Gasteiger partial charge >= 0.3 is 11.9 Å². The van der Waals surface area contributed by atoms with E-state index in [-0.39, 0.29) is 83.1 Å². The van der Waals surface area contributed by atoms with Gasteiger partial charge in [-0.05, 0) is 78.6 Å². The molecule has 0 aromatic carbocycles. The van der Waals surface area contributed by atoms with Crippen LogP contribution in [0.3, 0.4) is 0 Å². The third-order valence-electron chi connectivity index (χ3n) is 9.56. The van der Waals surface area contributed by atoms with E-state index in [0.717, 1.165) is 11.3 Å². The molecule has 0 fully saturated rings. The summed E-state index contributed by atoms with van der Waals surface area (Å²) in [5.74, 6) is 0.265. The lowest BCUT2D eigenvalue weighted by Gasteiger charge is -2.43. The number of hydrogen-bond donors (Lipinski definition) is 3. The first kappa shape index (κ1) is 46.3. The second kappa shape index (κ2) is 19.4. The van der Waals surface area contributed by atoms with Crippen molar-refractivity contribution in [2.75, 3.05) is 19.4 Å². The second-order valence-corrected chi connectivity index (χ2v) is 19.1. The van der Waals surface area contributed by atoms with E-state index in [1.165, 1.54) is 11.8 Å². The van der Waals surface area contributed by atoms with Gasteiger partial charge < -0.3 is 25.2 Å². The summed E-state index contributed by atoms with van der Waals surface area (Å²) in [6.07, 6.45) is 3.11. The summed E-state index contributed by atoms with van der Waals surface area (Å²) in [6, 6.07) is 0. The van der Waals surface area contributed by atoms with E-state index in [0.29, 0.717) is 29.9 Å². The molecule has 0 bridgehead atoms. The Kier molecular flexibility index (Phi) is 17.6. The molecule has 1 heterocycles. The highest BCUT2D eigenvalue weighted by Gasteiger charge is 2.47. The van der Waals surface area contributed by atoms with Gasteiger partial charge in [0.1, 0.15) is 6.10 Å². The molecule has 3 N–H and O–H groups in total. The predicted molar refractivity (Wildman–Crippen MR) is 212 cm³/mol. The van der Waals surface area contributed by atoms with E-state index < -0.39 is 10.7 Å².